The van der Waals surface area contributed by atoms with E-state index < -0.39 is 0 Å². The van der Waals surface area contributed by atoms with Crippen LogP contribution in [-0.2, 0) is 9.22 Å². The lowest BCUT2D eigenvalue weighted by Crippen LogP contribution is -1.83. The smallest absolute Gasteiger partial charge is 0.337 e. The Morgan fingerprint density at radius 2 is 2.14 bits per heavy atom. The minimum absolute atomic E-state index is 0.00300. The van der Waals surface area contributed by atoms with Crippen LogP contribution >= 0.6 is 24.7 Å². The first-order chi connectivity index (χ1) is 6.86. The molecule has 0 aromatic heterocycles. The van der Waals surface area contributed by atoms with Crippen LogP contribution in [0.4, 0.5) is 0 Å². The van der Waals surface area contributed by atoms with Crippen molar-refractivity contribution >= 4 is 24.7 Å². The van der Waals surface area contributed by atoms with Crippen LogP contribution in [0.15, 0.2) is 46.5 Å². The summed E-state index contributed by atoms with van der Waals surface area (Å²) in [6.07, 6.45) is 0. The van der Waals surface area contributed by atoms with E-state index in [1.54, 1.807) is 0 Å². The monoisotopic (exact) mass is 225 g/mol. The fourth-order valence-electron chi connectivity index (χ4n) is 0.636. The van der Waals surface area contributed by atoms with E-state index in [0.29, 0.717) is 0 Å². The molecule has 0 atom stereocenters. The van der Waals surface area contributed by atoms with Crippen LogP contribution in [0.25, 0.3) is 4.85 Å². The van der Waals surface area contributed by atoms with Gasteiger partial charge < -0.3 is 4.89 Å². The average Bonchev–Trinajstić information content (AvgIpc) is 2.26. The van der Waals surface area contributed by atoms with E-state index in [1.165, 1.54) is 5.41 Å². The molecule has 5 heteroatoms. The molecule has 1 rings (SSSR count). The van der Waals surface area contributed by atoms with E-state index in [0.717, 1.165) is 16.9 Å². The molecule has 0 bridgehead atoms. The van der Waals surface area contributed by atoms with Gasteiger partial charge in [-0.05, 0) is 12.1 Å². The average molecular weight is 225 g/mol. The predicted octanol–water partition coefficient (Wildman–Crippen LogP) is 3.29. The fourth-order valence-corrected chi connectivity index (χ4v) is 1.19. The predicted molar refractivity (Wildman–Crippen MR) is 58.1 cm³/mol. The third-order valence-corrected chi connectivity index (χ3v) is 2.04. The Balaban J connectivity index is 2.33. The second kappa shape index (κ2) is 6.38. The van der Waals surface area contributed by atoms with Crippen molar-refractivity contribution in [1.29, 1.82) is 0 Å². The second-order valence-electron chi connectivity index (χ2n) is 2.13. The molecule has 0 fully saturated rings. The Morgan fingerprint density at radius 3 is 2.71 bits per heavy atom. The van der Waals surface area contributed by atoms with E-state index in [1.807, 2.05) is 30.3 Å². The molecule has 3 nitrogen and oxygen atoms in total. The highest BCUT2D eigenvalue weighted by molar-refractivity contribution is 7.94. The lowest BCUT2D eigenvalue weighted by atomic mass is 10.4. The van der Waals surface area contributed by atoms with Gasteiger partial charge in [0.2, 0.25) is 0 Å². The van der Waals surface area contributed by atoms with Crippen molar-refractivity contribution in [3.05, 3.63) is 53.0 Å². The van der Waals surface area contributed by atoms with Crippen LogP contribution < -0.4 is 0 Å². The van der Waals surface area contributed by atoms with Gasteiger partial charge in [-0.15, -0.1) is 4.33 Å². The lowest BCUT2D eigenvalue weighted by Gasteiger charge is -2.00. The molecule has 72 valence electrons. The summed E-state index contributed by atoms with van der Waals surface area (Å²) in [5.41, 5.74) is 0. The Kier molecular flexibility index (Phi) is 5.00. The van der Waals surface area contributed by atoms with Crippen LogP contribution in [0.2, 0.25) is 0 Å². The van der Waals surface area contributed by atoms with Gasteiger partial charge in [0, 0.05) is 10.3 Å². The minimum atomic E-state index is -0.00300. The highest BCUT2D eigenvalue weighted by atomic mass is 32.2. The fraction of sp³-hybridized carbons (Fsp3) is 0. The molecule has 0 unspecified atom stereocenters. The van der Waals surface area contributed by atoms with E-state index in [9.17, 15) is 0 Å². The zero-order valence-corrected chi connectivity index (χ0v) is 8.79. The van der Waals surface area contributed by atoms with Gasteiger partial charge in [0.1, 0.15) is 0 Å². The summed E-state index contributed by atoms with van der Waals surface area (Å²) >= 11 is 4.80. The third-order valence-electron chi connectivity index (χ3n) is 1.21. The topological polar surface area (TPSA) is 22.8 Å². The largest absolute Gasteiger partial charge is 0.377 e. The van der Waals surface area contributed by atoms with Crippen molar-refractivity contribution < 1.29 is 9.22 Å². The first kappa shape index (κ1) is 11.0. The molecule has 0 N–H and O–H groups in total. The molecular weight excluding hydrogens is 218 g/mol. The Labute approximate surface area is 92.1 Å². The zero-order chi connectivity index (χ0) is 10.2. The van der Waals surface area contributed by atoms with E-state index >= 15 is 0 Å². The molecule has 0 aliphatic rings. The van der Waals surface area contributed by atoms with E-state index in [2.05, 4.69) is 22.4 Å². The number of thiol groups is 1. The number of nitrogens with zero attached hydrogens (tertiary/aromatic N) is 1. The summed E-state index contributed by atoms with van der Waals surface area (Å²) in [6, 6.07) is 9.42. The highest BCUT2D eigenvalue weighted by Crippen LogP contribution is 2.20. The Bertz CT molecular complexity index is 346. The van der Waals surface area contributed by atoms with Crippen LogP contribution in [0.3, 0.4) is 0 Å². The van der Waals surface area contributed by atoms with Gasteiger partial charge in [-0.2, -0.15) is 17.5 Å². The van der Waals surface area contributed by atoms with Gasteiger partial charge in [-0.25, -0.2) is 0 Å². The van der Waals surface area contributed by atoms with E-state index in [4.69, 9.17) is 10.9 Å². The van der Waals surface area contributed by atoms with E-state index in [-0.39, 0.29) is 5.88 Å². The quantitative estimate of drug-likeness (QED) is 0.212. The van der Waals surface area contributed by atoms with Crippen molar-refractivity contribution in [1.82, 2.24) is 0 Å². The summed E-state index contributed by atoms with van der Waals surface area (Å²) in [5, 5.41) is 1.23. The van der Waals surface area contributed by atoms with Gasteiger partial charge in [0.05, 0.1) is 18.6 Å². The van der Waals surface area contributed by atoms with Crippen molar-refractivity contribution in [2.45, 2.75) is 4.90 Å². The second-order valence-corrected chi connectivity index (χ2v) is 3.16. The number of rotatable bonds is 4. The zero-order valence-electron chi connectivity index (χ0n) is 7.08. The summed E-state index contributed by atoms with van der Waals surface area (Å²) in [7, 11) is 0. The van der Waals surface area contributed by atoms with Crippen molar-refractivity contribution in [2.24, 2.45) is 0 Å². The lowest BCUT2D eigenvalue weighted by molar-refractivity contribution is -0.142. The number of hydrogen-bond acceptors (Lipinski definition) is 4. The van der Waals surface area contributed by atoms with Crippen molar-refractivity contribution in [3.8, 4) is 0 Å². The molecule has 0 spiro atoms. The van der Waals surface area contributed by atoms with Crippen LogP contribution in [-0.4, -0.2) is 0 Å². The standard InChI is InChI=1S/C9H7NO2S2/c1-10-9(7-13)11-12-14-8-5-3-2-4-6-8/h2-7,13H/b9-7-. The molecule has 1 aromatic carbocycles. The molecule has 14 heavy (non-hydrogen) atoms. The molecule has 1 aromatic rings. The number of hydrogen-bond donors (Lipinski definition) is 1. The first-order valence-electron chi connectivity index (χ1n) is 3.65. The van der Waals surface area contributed by atoms with Crippen LogP contribution in [0.1, 0.15) is 0 Å². The Hall–Kier alpha value is -1.09. The van der Waals surface area contributed by atoms with Crippen molar-refractivity contribution in [2.75, 3.05) is 0 Å². The molecule has 0 heterocycles. The normalized spacial score (nSPS) is 10.7. The van der Waals surface area contributed by atoms with Crippen LogP contribution in [0.5, 0.6) is 0 Å². The SMILES string of the molecule is [C-]#[N+]/C(=C/S)OOSc1ccccc1. The minimum Gasteiger partial charge on any atom is -0.337 e. The summed E-state index contributed by atoms with van der Waals surface area (Å²) in [5.74, 6) is -0.00300. The molecule has 0 aliphatic carbocycles. The van der Waals surface area contributed by atoms with Crippen LogP contribution in [0, 0.1) is 6.57 Å². The van der Waals surface area contributed by atoms with Gasteiger partial charge in [-0.1, -0.05) is 18.2 Å². The molecular formula is C9H7NO2S2. The maximum absolute atomic E-state index is 6.64. The maximum atomic E-state index is 6.64. The van der Waals surface area contributed by atoms with Gasteiger partial charge >= 0.3 is 5.88 Å². The summed E-state index contributed by atoms with van der Waals surface area (Å²) in [4.78, 5) is 8.55. The van der Waals surface area contributed by atoms with Crippen molar-refractivity contribution in [3.63, 3.8) is 0 Å². The Morgan fingerprint density at radius 1 is 1.43 bits per heavy atom. The third kappa shape index (κ3) is 3.75. The van der Waals surface area contributed by atoms with Gasteiger partial charge in [0.15, 0.2) is 0 Å². The molecule has 0 radical (unpaired) electrons. The summed E-state index contributed by atoms with van der Waals surface area (Å²) in [6.45, 7) is 6.64. The molecule has 0 aliphatic heterocycles. The van der Waals surface area contributed by atoms with Gasteiger partial charge in [-0.3, -0.25) is 0 Å². The molecule has 0 saturated carbocycles. The van der Waals surface area contributed by atoms with Gasteiger partial charge in [0.25, 0.3) is 0 Å². The highest BCUT2D eigenvalue weighted by Gasteiger charge is 1.98. The molecule has 0 saturated heterocycles. The first-order valence-corrected chi connectivity index (χ1v) is 4.90. The maximum Gasteiger partial charge on any atom is 0.377 e. The summed E-state index contributed by atoms with van der Waals surface area (Å²) < 4.78 is 4.75. The molecule has 0 amide bonds. The number of benzene rings is 1.